The van der Waals surface area contributed by atoms with Crippen molar-refractivity contribution in [2.24, 2.45) is 5.92 Å². The number of nitrogens with one attached hydrogen (secondary N) is 1. The first kappa shape index (κ1) is 15.3. The highest BCUT2D eigenvalue weighted by molar-refractivity contribution is 5.80. The minimum Gasteiger partial charge on any atom is -0.497 e. The van der Waals surface area contributed by atoms with Crippen LogP contribution in [0, 0.1) is 5.92 Å². The Labute approximate surface area is 131 Å². The van der Waals surface area contributed by atoms with Crippen molar-refractivity contribution >= 4 is 5.91 Å². The van der Waals surface area contributed by atoms with Crippen molar-refractivity contribution in [1.82, 2.24) is 10.2 Å². The Morgan fingerprint density at radius 2 is 2.32 bits per heavy atom. The molecule has 2 aliphatic rings. The first-order valence-corrected chi connectivity index (χ1v) is 8.00. The van der Waals surface area contributed by atoms with Crippen molar-refractivity contribution in [2.45, 2.75) is 25.5 Å². The molecule has 1 amide bonds. The van der Waals surface area contributed by atoms with E-state index < -0.39 is 0 Å². The van der Waals surface area contributed by atoms with Crippen molar-refractivity contribution in [1.29, 1.82) is 0 Å². The minimum absolute atomic E-state index is 0.118. The van der Waals surface area contributed by atoms with Gasteiger partial charge in [0.1, 0.15) is 5.75 Å². The fraction of sp³-hybridized carbons (Fsp3) is 0.588. The second-order valence-corrected chi connectivity index (χ2v) is 6.06. The molecule has 2 saturated heterocycles. The second-order valence-electron chi connectivity index (χ2n) is 6.06. The zero-order valence-electron chi connectivity index (χ0n) is 13.1. The van der Waals surface area contributed by atoms with Crippen LogP contribution in [0.2, 0.25) is 0 Å². The van der Waals surface area contributed by atoms with E-state index in [0.29, 0.717) is 13.1 Å². The summed E-state index contributed by atoms with van der Waals surface area (Å²) in [5.74, 6) is 1.18. The van der Waals surface area contributed by atoms with Crippen LogP contribution in [0.5, 0.6) is 5.75 Å². The number of rotatable bonds is 6. The maximum Gasteiger partial charge on any atom is 0.228 e. The number of ether oxygens (including phenoxy) is 2. The van der Waals surface area contributed by atoms with Crippen molar-refractivity contribution in [3.8, 4) is 5.75 Å². The summed E-state index contributed by atoms with van der Waals surface area (Å²) >= 11 is 0. The van der Waals surface area contributed by atoms with Crippen LogP contribution in [0.15, 0.2) is 24.3 Å². The molecule has 1 N–H and O–H groups in total. The van der Waals surface area contributed by atoms with Gasteiger partial charge in [-0.25, -0.2) is 0 Å². The zero-order chi connectivity index (χ0) is 15.4. The number of carbonyl (C=O) groups is 1. The Bertz CT molecular complexity index is 510. The molecule has 2 fully saturated rings. The predicted octanol–water partition coefficient (Wildman–Crippen LogP) is 1.42. The van der Waals surface area contributed by atoms with Gasteiger partial charge in [-0.2, -0.15) is 0 Å². The van der Waals surface area contributed by atoms with E-state index in [9.17, 15) is 4.79 Å². The molecule has 0 bridgehead atoms. The third-order valence-electron chi connectivity index (χ3n) is 4.40. The number of hydrogen-bond donors (Lipinski definition) is 1. The highest BCUT2D eigenvalue weighted by atomic mass is 16.5. The fourth-order valence-corrected chi connectivity index (χ4v) is 2.98. The van der Waals surface area contributed by atoms with Gasteiger partial charge < -0.3 is 19.7 Å². The van der Waals surface area contributed by atoms with Crippen LogP contribution < -0.4 is 10.1 Å². The van der Waals surface area contributed by atoms with E-state index in [1.54, 1.807) is 7.11 Å². The first-order valence-electron chi connectivity index (χ1n) is 8.00. The van der Waals surface area contributed by atoms with Crippen molar-refractivity contribution in [2.75, 3.05) is 33.4 Å². The quantitative estimate of drug-likeness (QED) is 0.863. The average molecular weight is 304 g/mol. The molecule has 0 spiro atoms. The van der Waals surface area contributed by atoms with Crippen molar-refractivity contribution in [3.05, 3.63) is 29.8 Å². The van der Waals surface area contributed by atoms with E-state index in [0.717, 1.165) is 43.9 Å². The molecule has 1 atom stereocenters. The summed E-state index contributed by atoms with van der Waals surface area (Å²) in [5, 5.41) is 3.17. The Balaban J connectivity index is 1.69. The highest BCUT2D eigenvalue weighted by Crippen LogP contribution is 2.20. The predicted molar refractivity (Wildman–Crippen MR) is 83.7 cm³/mol. The molecule has 5 heteroatoms. The number of hydrogen-bond acceptors (Lipinski definition) is 4. The topological polar surface area (TPSA) is 50.8 Å². The van der Waals surface area contributed by atoms with Crippen LogP contribution in [0.4, 0.5) is 0 Å². The third kappa shape index (κ3) is 3.59. The van der Waals surface area contributed by atoms with Crippen LogP contribution >= 0.6 is 0 Å². The van der Waals surface area contributed by atoms with Crippen LogP contribution in [-0.2, 0) is 16.1 Å². The summed E-state index contributed by atoms with van der Waals surface area (Å²) in [7, 11) is 1.66. The lowest BCUT2D eigenvalue weighted by atomic mass is 10.0. The third-order valence-corrected chi connectivity index (χ3v) is 4.40. The normalized spacial score (nSPS) is 21.4. The van der Waals surface area contributed by atoms with Crippen LogP contribution in [-0.4, -0.2) is 50.3 Å². The van der Waals surface area contributed by atoms with E-state index in [2.05, 4.69) is 5.32 Å². The van der Waals surface area contributed by atoms with E-state index in [1.807, 2.05) is 29.2 Å². The molecule has 0 aliphatic carbocycles. The van der Waals surface area contributed by atoms with Gasteiger partial charge in [0.05, 0.1) is 19.1 Å². The van der Waals surface area contributed by atoms with Crippen molar-refractivity contribution < 1.29 is 14.3 Å². The molecule has 0 aromatic heterocycles. The average Bonchev–Trinajstić information content (AvgIpc) is 2.98. The van der Waals surface area contributed by atoms with Gasteiger partial charge in [0, 0.05) is 32.8 Å². The van der Waals surface area contributed by atoms with Gasteiger partial charge >= 0.3 is 0 Å². The first-order chi connectivity index (χ1) is 10.8. The highest BCUT2D eigenvalue weighted by Gasteiger charge is 2.31. The van der Waals surface area contributed by atoms with Crippen LogP contribution in [0.25, 0.3) is 0 Å². The molecule has 2 heterocycles. The molecule has 1 aromatic rings. The van der Waals surface area contributed by atoms with Crippen LogP contribution in [0.3, 0.4) is 0 Å². The van der Waals surface area contributed by atoms with Gasteiger partial charge in [-0.05, 0) is 30.5 Å². The molecule has 3 rings (SSSR count). The summed E-state index contributed by atoms with van der Waals surface area (Å²) < 4.78 is 11.0. The lowest BCUT2D eigenvalue weighted by Crippen LogP contribution is -2.53. The number of benzene rings is 1. The zero-order valence-corrected chi connectivity index (χ0v) is 13.1. The maximum atomic E-state index is 12.7. The molecule has 2 aliphatic heterocycles. The lowest BCUT2D eigenvalue weighted by Gasteiger charge is -2.33. The Morgan fingerprint density at radius 1 is 1.45 bits per heavy atom. The summed E-state index contributed by atoms with van der Waals surface area (Å²) in [6.07, 6.45) is 2.32. The molecule has 0 radical (unpaired) electrons. The van der Waals surface area contributed by atoms with E-state index in [-0.39, 0.29) is 17.9 Å². The van der Waals surface area contributed by atoms with E-state index in [1.165, 1.54) is 0 Å². The smallest absolute Gasteiger partial charge is 0.228 e. The molecule has 1 unspecified atom stereocenters. The van der Waals surface area contributed by atoms with E-state index >= 15 is 0 Å². The Hall–Kier alpha value is -1.59. The summed E-state index contributed by atoms with van der Waals surface area (Å²) in [4.78, 5) is 14.6. The summed E-state index contributed by atoms with van der Waals surface area (Å²) in [6, 6.07) is 7.92. The number of methoxy groups -OCH3 is 1. The van der Waals surface area contributed by atoms with Gasteiger partial charge in [0.25, 0.3) is 0 Å². The number of nitrogens with zero attached hydrogens (tertiary/aromatic N) is 1. The Kier molecular flexibility index (Phi) is 4.95. The second kappa shape index (κ2) is 7.11. The molecule has 120 valence electrons. The largest absolute Gasteiger partial charge is 0.497 e. The minimum atomic E-state index is 0.118. The van der Waals surface area contributed by atoms with Crippen LogP contribution in [0.1, 0.15) is 18.4 Å². The SMILES string of the molecule is COc1cccc(CN(CC2CCCO2)C(=O)C2CNC2)c1. The number of carbonyl (C=O) groups excluding carboxylic acids is 1. The van der Waals surface area contributed by atoms with Gasteiger partial charge in [-0.3, -0.25) is 4.79 Å². The van der Waals surface area contributed by atoms with Gasteiger partial charge in [-0.15, -0.1) is 0 Å². The molecule has 22 heavy (non-hydrogen) atoms. The van der Waals surface area contributed by atoms with E-state index in [4.69, 9.17) is 9.47 Å². The Morgan fingerprint density at radius 3 is 2.95 bits per heavy atom. The molecule has 1 aromatic carbocycles. The monoisotopic (exact) mass is 304 g/mol. The fourth-order valence-electron chi connectivity index (χ4n) is 2.98. The lowest BCUT2D eigenvalue weighted by molar-refractivity contribution is -0.139. The number of amides is 1. The molecule has 5 nitrogen and oxygen atoms in total. The van der Waals surface area contributed by atoms with Crippen molar-refractivity contribution in [3.63, 3.8) is 0 Å². The standard InChI is InChI=1S/C17H24N2O3/c1-21-15-5-2-4-13(8-15)11-19(12-16-6-3-7-22-16)17(20)14-9-18-10-14/h2,4-5,8,14,16,18H,3,6-7,9-12H2,1H3. The molecular formula is C17H24N2O3. The maximum absolute atomic E-state index is 12.7. The summed E-state index contributed by atoms with van der Waals surface area (Å²) in [5.41, 5.74) is 1.10. The summed E-state index contributed by atoms with van der Waals surface area (Å²) in [6.45, 7) is 3.70. The molecular weight excluding hydrogens is 280 g/mol. The van der Waals surface area contributed by atoms with Gasteiger partial charge in [0.2, 0.25) is 5.91 Å². The van der Waals surface area contributed by atoms with Gasteiger partial charge in [0.15, 0.2) is 0 Å². The van der Waals surface area contributed by atoms with Gasteiger partial charge in [-0.1, -0.05) is 12.1 Å². The molecule has 0 saturated carbocycles.